The van der Waals surface area contributed by atoms with Crippen molar-refractivity contribution in [3.63, 3.8) is 0 Å². The molecule has 29 heavy (non-hydrogen) atoms. The molecule has 3 aromatic heterocycles. The van der Waals surface area contributed by atoms with Crippen molar-refractivity contribution in [3.8, 4) is 5.69 Å². The number of hydrogen-bond acceptors (Lipinski definition) is 5. The number of thiazole rings is 1. The van der Waals surface area contributed by atoms with Crippen LogP contribution >= 0.6 is 22.7 Å². The Balaban J connectivity index is 1.50. The van der Waals surface area contributed by atoms with E-state index in [0.717, 1.165) is 39.0 Å². The third kappa shape index (κ3) is 3.08. The highest BCUT2D eigenvalue weighted by Crippen LogP contribution is 2.32. The molecule has 0 aliphatic heterocycles. The fraction of sp³-hybridized carbons (Fsp3) is 0.0500. The maximum atomic E-state index is 13.9. The van der Waals surface area contributed by atoms with Crippen molar-refractivity contribution < 1.29 is 13.6 Å². The molecule has 5 rings (SSSR count). The molecule has 0 spiro atoms. The molecule has 144 valence electrons. The van der Waals surface area contributed by atoms with Gasteiger partial charge in [-0.1, -0.05) is 29.5 Å². The molecule has 0 aliphatic rings. The van der Waals surface area contributed by atoms with E-state index < -0.39 is 11.6 Å². The van der Waals surface area contributed by atoms with Gasteiger partial charge >= 0.3 is 0 Å². The van der Waals surface area contributed by atoms with E-state index in [1.165, 1.54) is 17.4 Å². The monoisotopic (exact) mass is 426 g/mol. The molecule has 2 aromatic carbocycles. The van der Waals surface area contributed by atoms with Crippen molar-refractivity contribution in [2.45, 2.75) is 6.92 Å². The van der Waals surface area contributed by atoms with E-state index in [4.69, 9.17) is 0 Å². The van der Waals surface area contributed by atoms with Gasteiger partial charge in [-0.2, -0.15) is 5.10 Å². The summed E-state index contributed by atoms with van der Waals surface area (Å²) in [5.74, 6) is -1.79. The number of nitrogens with zero attached hydrogens (tertiary/aromatic N) is 3. The number of halogens is 2. The summed E-state index contributed by atoms with van der Waals surface area (Å²) in [7, 11) is 0. The van der Waals surface area contributed by atoms with Crippen LogP contribution in [0.1, 0.15) is 15.4 Å². The molecule has 0 radical (unpaired) electrons. The Labute approximate surface area is 171 Å². The first-order valence-corrected chi connectivity index (χ1v) is 10.2. The average Bonchev–Trinajstić information content (AvgIpc) is 3.37. The van der Waals surface area contributed by atoms with Crippen molar-refractivity contribution in [1.29, 1.82) is 0 Å². The van der Waals surface area contributed by atoms with Gasteiger partial charge in [0.25, 0.3) is 5.91 Å². The molecule has 0 aliphatic carbocycles. The summed E-state index contributed by atoms with van der Waals surface area (Å²) in [6.45, 7) is 1.89. The van der Waals surface area contributed by atoms with Gasteiger partial charge in [0, 0.05) is 11.5 Å². The molecule has 0 fully saturated rings. The fourth-order valence-electron chi connectivity index (χ4n) is 3.07. The number of thiophene rings is 1. The number of fused-ring (bicyclic) bond motifs is 2. The van der Waals surface area contributed by atoms with Gasteiger partial charge in [-0.25, -0.2) is 18.4 Å². The van der Waals surface area contributed by atoms with Gasteiger partial charge in [-0.3, -0.25) is 10.1 Å². The quantitative estimate of drug-likeness (QED) is 0.412. The number of para-hydroxylation sites is 1. The first-order valence-electron chi connectivity index (χ1n) is 8.61. The summed E-state index contributed by atoms with van der Waals surface area (Å²) in [5, 5.41) is 8.35. The summed E-state index contributed by atoms with van der Waals surface area (Å²) < 4.78 is 29.4. The lowest BCUT2D eigenvalue weighted by molar-refractivity contribution is 0.103. The standard InChI is InChI=1S/C20H12F2N4OS2/c1-10-13-9-16(28-19(13)26(25-10)12-5-3-2-4-6-12)18(27)24-20-23-17-14(22)7-11(21)8-15(17)29-20/h2-9H,1H3,(H,23,24,27). The lowest BCUT2D eigenvalue weighted by atomic mass is 10.3. The molecule has 3 heterocycles. The lowest BCUT2D eigenvalue weighted by Gasteiger charge is -2.01. The average molecular weight is 426 g/mol. The van der Waals surface area contributed by atoms with Gasteiger partial charge in [0.05, 0.1) is 21.0 Å². The second-order valence-electron chi connectivity index (χ2n) is 6.37. The van der Waals surface area contributed by atoms with Crippen molar-refractivity contribution in [3.05, 3.63) is 70.7 Å². The van der Waals surface area contributed by atoms with Gasteiger partial charge in [0.15, 0.2) is 10.9 Å². The van der Waals surface area contributed by atoms with Gasteiger partial charge in [0.1, 0.15) is 16.2 Å². The number of anilines is 1. The maximum absolute atomic E-state index is 13.9. The number of hydrogen-bond donors (Lipinski definition) is 1. The zero-order chi connectivity index (χ0) is 20.1. The number of benzene rings is 2. The first kappa shape index (κ1) is 17.9. The largest absolute Gasteiger partial charge is 0.297 e. The predicted molar refractivity (Wildman–Crippen MR) is 111 cm³/mol. The summed E-state index contributed by atoms with van der Waals surface area (Å²) in [6, 6.07) is 13.4. The Morgan fingerprint density at radius 2 is 1.90 bits per heavy atom. The van der Waals surface area contributed by atoms with E-state index in [1.807, 2.05) is 41.9 Å². The van der Waals surface area contributed by atoms with Crippen LogP contribution in [0.25, 0.3) is 26.1 Å². The summed E-state index contributed by atoms with van der Waals surface area (Å²) in [5.41, 5.74) is 1.76. The molecule has 0 bridgehead atoms. The van der Waals surface area contributed by atoms with Gasteiger partial charge in [-0.05, 0) is 31.2 Å². The van der Waals surface area contributed by atoms with Crippen LogP contribution < -0.4 is 5.32 Å². The number of carbonyl (C=O) groups excluding carboxylic acids is 1. The van der Waals surface area contributed by atoms with E-state index in [9.17, 15) is 13.6 Å². The second-order valence-corrected chi connectivity index (χ2v) is 8.43. The van der Waals surface area contributed by atoms with Gasteiger partial charge < -0.3 is 0 Å². The Morgan fingerprint density at radius 1 is 1.10 bits per heavy atom. The lowest BCUT2D eigenvalue weighted by Crippen LogP contribution is -2.09. The summed E-state index contributed by atoms with van der Waals surface area (Å²) >= 11 is 2.34. The van der Waals surface area contributed by atoms with E-state index in [2.05, 4.69) is 15.4 Å². The SMILES string of the molecule is Cc1nn(-c2ccccc2)c2sc(C(=O)Nc3nc4c(F)cc(F)cc4s3)cc12. The van der Waals surface area contributed by atoms with Crippen LogP contribution in [0.3, 0.4) is 0 Å². The molecule has 1 amide bonds. The smallest absolute Gasteiger partial charge is 0.267 e. The highest BCUT2D eigenvalue weighted by atomic mass is 32.1. The highest BCUT2D eigenvalue weighted by molar-refractivity contribution is 7.23. The molecule has 9 heteroatoms. The Kier molecular flexibility index (Phi) is 4.14. The molecule has 0 atom stereocenters. The minimum absolute atomic E-state index is 0.0404. The number of aromatic nitrogens is 3. The van der Waals surface area contributed by atoms with Crippen LogP contribution in [0.15, 0.2) is 48.5 Å². The number of rotatable bonds is 3. The van der Waals surface area contributed by atoms with Crippen LogP contribution in [-0.2, 0) is 0 Å². The summed E-state index contributed by atoms with van der Waals surface area (Å²) in [4.78, 5) is 18.2. The molecule has 5 aromatic rings. The molecule has 0 saturated carbocycles. The van der Waals surface area contributed by atoms with Gasteiger partial charge in [0.2, 0.25) is 0 Å². The number of carbonyl (C=O) groups is 1. The molecule has 5 nitrogen and oxygen atoms in total. The van der Waals surface area contributed by atoms with Crippen LogP contribution in [0.5, 0.6) is 0 Å². The maximum Gasteiger partial charge on any atom is 0.267 e. The van der Waals surface area contributed by atoms with Gasteiger partial charge in [-0.15, -0.1) is 11.3 Å². The first-order chi connectivity index (χ1) is 14.0. The number of aryl methyl sites for hydroxylation is 1. The van der Waals surface area contributed by atoms with E-state index >= 15 is 0 Å². The molecular weight excluding hydrogens is 414 g/mol. The Bertz CT molecular complexity index is 1390. The van der Waals surface area contributed by atoms with Crippen LogP contribution in [0.2, 0.25) is 0 Å². The predicted octanol–water partition coefficient (Wildman–Crippen LogP) is 5.54. The van der Waals surface area contributed by atoms with Crippen LogP contribution in [0, 0.1) is 18.6 Å². The molecule has 0 saturated heterocycles. The second kappa shape index (κ2) is 6.71. The number of amides is 1. The molecule has 0 unspecified atom stereocenters. The Morgan fingerprint density at radius 3 is 2.69 bits per heavy atom. The fourth-order valence-corrected chi connectivity index (χ4v) is 5.05. The van der Waals surface area contributed by atoms with E-state index in [-0.39, 0.29) is 16.6 Å². The third-order valence-electron chi connectivity index (χ3n) is 4.40. The van der Waals surface area contributed by atoms with E-state index in [1.54, 1.807) is 6.07 Å². The Hall–Kier alpha value is -3.17. The van der Waals surface area contributed by atoms with Crippen molar-refractivity contribution >= 4 is 54.1 Å². The zero-order valence-corrected chi connectivity index (χ0v) is 16.6. The third-order valence-corrected chi connectivity index (χ3v) is 6.43. The summed E-state index contributed by atoms with van der Waals surface area (Å²) in [6.07, 6.45) is 0. The van der Waals surface area contributed by atoms with Crippen molar-refractivity contribution in [2.75, 3.05) is 5.32 Å². The topological polar surface area (TPSA) is 59.8 Å². The van der Waals surface area contributed by atoms with Crippen molar-refractivity contribution in [2.24, 2.45) is 0 Å². The molecule has 1 N–H and O–H groups in total. The highest BCUT2D eigenvalue weighted by Gasteiger charge is 2.19. The normalized spacial score (nSPS) is 11.4. The number of nitrogens with one attached hydrogen (secondary N) is 1. The van der Waals surface area contributed by atoms with Crippen LogP contribution in [0.4, 0.5) is 13.9 Å². The van der Waals surface area contributed by atoms with Crippen molar-refractivity contribution in [1.82, 2.24) is 14.8 Å². The molecular formula is C20H12F2N4OS2. The van der Waals surface area contributed by atoms with E-state index in [0.29, 0.717) is 9.58 Å². The van der Waals surface area contributed by atoms with Crippen LogP contribution in [-0.4, -0.2) is 20.7 Å². The minimum atomic E-state index is -0.753. The minimum Gasteiger partial charge on any atom is -0.297 e. The zero-order valence-electron chi connectivity index (χ0n) is 14.9.